The predicted octanol–water partition coefficient (Wildman–Crippen LogP) is 1.94. The zero-order chi connectivity index (χ0) is 13.9. The molecular formula is C12H18ClNO3S. The van der Waals surface area contributed by atoms with E-state index >= 15 is 0 Å². The smallest absolute Gasteiger partial charge is 0.241 e. The SMILES string of the molecule is Cc1c(Cl)cccc1S(=O)(=O)NC(CO)C(C)C. The van der Waals surface area contributed by atoms with Gasteiger partial charge in [-0.1, -0.05) is 31.5 Å². The zero-order valence-electron chi connectivity index (χ0n) is 10.6. The van der Waals surface area contributed by atoms with Gasteiger partial charge in [0, 0.05) is 11.1 Å². The maximum atomic E-state index is 12.2. The van der Waals surface area contributed by atoms with Gasteiger partial charge in [0.25, 0.3) is 0 Å². The van der Waals surface area contributed by atoms with Gasteiger partial charge in [0.05, 0.1) is 11.5 Å². The van der Waals surface area contributed by atoms with Crippen LogP contribution in [0.2, 0.25) is 5.02 Å². The largest absolute Gasteiger partial charge is 0.395 e. The van der Waals surface area contributed by atoms with Crippen molar-refractivity contribution < 1.29 is 13.5 Å². The number of aliphatic hydroxyl groups is 1. The first-order valence-electron chi connectivity index (χ1n) is 5.68. The Labute approximate surface area is 113 Å². The van der Waals surface area contributed by atoms with Crippen LogP contribution in [0.1, 0.15) is 19.4 Å². The molecule has 0 spiro atoms. The maximum Gasteiger partial charge on any atom is 0.241 e. The Morgan fingerprint density at radius 3 is 2.50 bits per heavy atom. The van der Waals surface area contributed by atoms with Crippen LogP contribution in [0.25, 0.3) is 0 Å². The van der Waals surface area contributed by atoms with E-state index in [0.29, 0.717) is 10.6 Å². The molecule has 0 amide bonds. The summed E-state index contributed by atoms with van der Waals surface area (Å²) < 4.78 is 26.9. The molecule has 2 N–H and O–H groups in total. The predicted molar refractivity (Wildman–Crippen MR) is 72.2 cm³/mol. The van der Waals surface area contributed by atoms with E-state index in [2.05, 4.69) is 4.72 Å². The molecule has 0 heterocycles. The minimum absolute atomic E-state index is 0.00395. The maximum absolute atomic E-state index is 12.2. The monoisotopic (exact) mass is 291 g/mol. The lowest BCUT2D eigenvalue weighted by atomic mass is 10.1. The lowest BCUT2D eigenvalue weighted by Crippen LogP contribution is -2.41. The fraction of sp³-hybridized carbons (Fsp3) is 0.500. The number of hydrogen-bond acceptors (Lipinski definition) is 3. The summed E-state index contributed by atoms with van der Waals surface area (Å²) in [6.07, 6.45) is 0. The van der Waals surface area contributed by atoms with Crippen LogP contribution in [-0.2, 0) is 10.0 Å². The number of rotatable bonds is 5. The second kappa shape index (κ2) is 6.02. The van der Waals surface area contributed by atoms with Crippen LogP contribution in [0.4, 0.5) is 0 Å². The summed E-state index contributed by atoms with van der Waals surface area (Å²) in [5.74, 6) is 0.00395. The molecule has 18 heavy (non-hydrogen) atoms. The van der Waals surface area contributed by atoms with Gasteiger partial charge < -0.3 is 5.11 Å². The quantitative estimate of drug-likeness (QED) is 0.871. The Morgan fingerprint density at radius 1 is 1.39 bits per heavy atom. The number of nitrogens with one attached hydrogen (secondary N) is 1. The number of benzene rings is 1. The first-order valence-corrected chi connectivity index (χ1v) is 7.54. The van der Waals surface area contributed by atoms with Crippen molar-refractivity contribution in [3.63, 3.8) is 0 Å². The molecule has 0 aliphatic heterocycles. The van der Waals surface area contributed by atoms with Crippen LogP contribution in [0.3, 0.4) is 0 Å². The summed E-state index contributed by atoms with van der Waals surface area (Å²) in [4.78, 5) is 0.147. The van der Waals surface area contributed by atoms with Gasteiger partial charge in [-0.15, -0.1) is 0 Å². The number of aliphatic hydroxyl groups excluding tert-OH is 1. The van der Waals surface area contributed by atoms with Crippen molar-refractivity contribution in [1.29, 1.82) is 0 Å². The minimum atomic E-state index is -3.66. The van der Waals surface area contributed by atoms with E-state index in [9.17, 15) is 13.5 Å². The summed E-state index contributed by atoms with van der Waals surface area (Å²) >= 11 is 5.91. The van der Waals surface area contributed by atoms with Crippen LogP contribution in [0.5, 0.6) is 0 Å². The van der Waals surface area contributed by atoms with Crippen molar-refractivity contribution in [2.45, 2.75) is 31.7 Å². The van der Waals surface area contributed by atoms with Crippen molar-refractivity contribution in [3.8, 4) is 0 Å². The Morgan fingerprint density at radius 2 is 2.00 bits per heavy atom. The van der Waals surface area contributed by atoms with E-state index in [1.807, 2.05) is 13.8 Å². The molecule has 0 fully saturated rings. The molecular weight excluding hydrogens is 274 g/mol. The average molecular weight is 292 g/mol. The first-order chi connectivity index (χ1) is 8.29. The molecule has 0 bridgehead atoms. The first kappa shape index (κ1) is 15.4. The van der Waals surface area contributed by atoms with Crippen LogP contribution in [-0.4, -0.2) is 26.2 Å². The second-order valence-electron chi connectivity index (χ2n) is 4.52. The standard InChI is InChI=1S/C12H18ClNO3S/c1-8(2)11(7-15)14-18(16,17)12-6-4-5-10(13)9(12)3/h4-6,8,11,14-15H,7H2,1-3H3. The van der Waals surface area contributed by atoms with Crippen molar-refractivity contribution in [1.82, 2.24) is 4.72 Å². The third-order valence-electron chi connectivity index (χ3n) is 2.82. The molecule has 0 radical (unpaired) electrons. The summed E-state index contributed by atoms with van der Waals surface area (Å²) in [5, 5.41) is 9.58. The Balaban J connectivity index is 3.11. The van der Waals surface area contributed by atoms with Crippen molar-refractivity contribution >= 4 is 21.6 Å². The molecule has 102 valence electrons. The summed E-state index contributed by atoms with van der Waals surface area (Å²) in [6, 6.07) is 4.22. The molecule has 0 aliphatic rings. The zero-order valence-corrected chi connectivity index (χ0v) is 12.2. The van der Waals surface area contributed by atoms with E-state index in [0.717, 1.165) is 0 Å². The van der Waals surface area contributed by atoms with Gasteiger partial charge in [0.15, 0.2) is 0 Å². The Hall–Kier alpha value is -0.620. The van der Waals surface area contributed by atoms with Crippen LogP contribution in [0, 0.1) is 12.8 Å². The number of halogens is 1. The highest BCUT2D eigenvalue weighted by atomic mass is 35.5. The lowest BCUT2D eigenvalue weighted by molar-refractivity contribution is 0.227. The normalized spacial score (nSPS) is 13.9. The van der Waals surface area contributed by atoms with Gasteiger partial charge in [-0.3, -0.25) is 0 Å². The average Bonchev–Trinajstić information content (AvgIpc) is 2.29. The molecule has 4 nitrogen and oxygen atoms in total. The molecule has 1 rings (SSSR count). The van der Waals surface area contributed by atoms with Gasteiger partial charge in [0.2, 0.25) is 10.0 Å². The summed E-state index contributed by atoms with van der Waals surface area (Å²) in [5.41, 5.74) is 0.507. The molecule has 0 saturated carbocycles. The number of sulfonamides is 1. The molecule has 6 heteroatoms. The minimum Gasteiger partial charge on any atom is -0.395 e. The van der Waals surface area contributed by atoms with E-state index < -0.39 is 16.1 Å². The highest BCUT2D eigenvalue weighted by Crippen LogP contribution is 2.23. The second-order valence-corrected chi connectivity index (χ2v) is 6.61. The third-order valence-corrected chi connectivity index (χ3v) is 4.86. The van der Waals surface area contributed by atoms with Gasteiger partial charge in [-0.25, -0.2) is 13.1 Å². The third kappa shape index (κ3) is 3.45. The molecule has 0 aromatic heterocycles. The van der Waals surface area contributed by atoms with Gasteiger partial charge in [-0.2, -0.15) is 0 Å². The summed E-state index contributed by atoms with van der Waals surface area (Å²) in [6.45, 7) is 5.10. The fourth-order valence-electron chi connectivity index (χ4n) is 1.53. The topological polar surface area (TPSA) is 66.4 Å². The van der Waals surface area contributed by atoms with Crippen molar-refractivity contribution in [2.24, 2.45) is 5.92 Å². The van der Waals surface area contributed by atoms with Crippen LogP contribution < -0.4 is 4.72 Å². The van der Waals surface area contributed by atoms with Crippen LogP contribution in [0.15, 0.2) is 23.1 Å². The van der Waals surface area contributed by atoms with E-state index in [1.54, 1.807) is 19.1 Å². The molecule has 1 unspecified atom stereocenters. The Kier molecular flexibility index (Phi) is 5.16. The van der Waals surface area contributed by atoms with E-state index in [1.165, 1.54) is 6.07 Å². The lowest BCUT2D eigenvalue weighted by Gasteiger charge is -2.20. The Bertz CT molecular complexity index is 514. The van der Waals surface area contributed by atoms with Gasteiger partial charge >= 0.3 is 0 Å². The van der Waals surface area contributed by atoms with Crippen molar-refractivity contribution in [3.05, 3.63) is 28.8 Å². The van der Waals surface area contributed by atoms with E-state index in [4.69, 9.17) is 11.6 Å². The van der Waals surface area contributed by atoms with Crippen molar-refractivity contribution in [2.75, 3.05) is 6.61 Å². The fourth-order valence-corrected chi connectivity index (χ4v) is 3.40. The highest BCUT2D eigenvalue weighted by Gasteiger charge is 2.23. The number of hydrogen-bond donors (Lipinski definition) is 2. The molecule has 0 aliphatic carbocycles. The molecule has 1 atom stereocenters. The molecule has 0 saturated heterocycles. The highest BCUT2D eigenvalue weighted by molar-refractivity contribution is 7.89. The van der Waals surface area contributed by atoms with Gasteiger partial charge in [-0.05, 0) is 30.5 Å². The summed E-state index contributed by atoms with van der Waals surface area (Å²) in [7, 11) is -3.66. The van der Waals surface area contributed by atoms with Crippen LogP contribution >= 0.6 is 11.6 Å². The van der Waals surface area contributed by atoms with E-state index in [-0.39, 0.29) is 17.4 Å². The van der Waals surface area contributed by atoms with Gasteiger partial charge in [0.1, 0.15) is 0 Å². The molecule has 1 aromatic carbocycles. The molecule has 1 aromatic rings.